The van der Waals surface area contributed by atoms with Crippen molar-refractivity contribution in [2.45, 2.75) is 0 Å². The molecule has 1 fully saturated rings. The zero-order valence-electron chi connectivity index (χ0n) is 14.9. The Morgan fingerprint density at radius 1 is 1.13 bits per heavy atom. The van der Waals surface area contributed by atoms with Gasteiger partial charge in [-0.05, 0) is 42.5 Å². The molecule has 0 saturated carbocycles. The van der Waals surface area contributed by atoms with E-state index in [0.29, 0.717) is 37.0 Å². The topological polar surface area (TPSA) is 76.6 Å². The molecule has 4 rings (SSSR count). The Hall–Kier alpha value is -2.65. The maximum atomic E-state index is 12.8. The first-order chi connectivity index (χ1) is 14.3. The van der Waals surface area contributed by atoms with Crippen molar-refractivity contribution in [2.24, 2.45) is 0 Å². The summed E-state index contributed by atoms with van der Waals surface area (Å²) < 4.78 is 6.14. The van der Waals surface area contributed by atoms with E-state index in [0.717, 1.165) is 11.8 Å². The van der Waals surface area contributed by atoms with Crippen molar-refractivity contribution in [1.82, 2.24) is 0 Å². The fourth-order valence-electron chi connectivity index (χ4n) is 2.83. The van der Waals surface area contributed by atoms with Crippen LogP contribution in [0.5, 0.6) is 0 Å². The largest absolute Gasteiger partial charge is 0.457 e. The number of halogens is 2. The Morgan fingerprint density at radius 3 is 2.67 bits per heavy atom. The molecule has 1 aliphatic heterocycles. The fraction of sp³-hybridized carbons (Fsp3) is 0. The number of carbonyl (C=O) groups is 1. The van der Waals surface area contributed by atoms with Gasteiger partial charge in [0, 0.05) is 22.7 Å². The van der Waals surface area contributed by atoms with Crippen LogP contribution in [-0.4, -0.2) is 15.2 Å². The standard InChI is InChI=1S/C20H10Cl2N2O4S2/c21-12-2-1-3-13(9-12)23-19(25)18(30-20(23)29)10-14-5-7-17(28-14)11-4-6-15(22)16(8-11)24(26)27/h1-10H. The van der Waals surface area contributed by atoms with E-state index in [9.17, 15) is 14.9 Å². The minimum absolute atomic E-state index is 0.0419. The number of nitrogens with zero attached hydrogens (tertiary/aromatic N) is 2. The zero-order chi connectivity index (χ0) is 21.4. The van der Waals surface area contributed by atoms with E-state index in [1.807, 2.05) is 0 Å². The van der Waals surface area contributed by atoms with Crippen molar-refractivity contribution in [2.75, 3.05) is 4.90 Å². The zero-order valence-corrected chi connectivity index (χ0v) is 18.0. The third-order valence-corrected chi connectivity index (χ3v) is 6.04. The highest BCUT2D eigenvalue weighted by Gasteiger charge is 2.33. The van der Waals surface area contributed by atoms with Crippen LogP contribution in [0.3, 0.4) is 0 Å². The lowest BCUT2D eigenvalue weighted by atomic mass is 10.1. The van der Waals surface area contributed by atoms with Crippen LogP contribution >= 0.6 is 47.2 Å². The smallest absolute Gasteiger partial charge is 0.288 e. The number of thiocarbonyl (C=S) groups is 1. The Bertz CT molecular complexity index is 1240. The Labute approximate surface area is 190 Å². The van der Waals surface area contributed by atoms with Gasteiger partial charge in [-0.15, -0.1) is 0 Å². The lowest BCUT2D eigenvalue weighted by Crippen LogP contribution is -2.27. The molecule has 150 valence electrons. The van der Waals surface area contributed by atoms with Gasteiger partial charge in [-0.1, -0.05) is 53.2 Å². The molecule has 1 amide bonds. The van der Waals surface area contributed by atoms with Gasteiger partial charge in [0.1, 0.15) is 16.5 Å². The van der Waals surface area contributed by atoms with Gasteiger partial charge in [-0.2, -0.15) is 0 Å². The van der Waals surface area contributed by atoms with Crippen molar-refractivity contribution in [3.8, 4) is 11.3 Å². The molecule has 0 unspecified atom stereocenters. The van der Waals surface area contributed by atoms with Gasteiger partial charge in [-0.3, -0.25) is 19.8 Å². The summed E-state index contributed by atoms with van der Waals surface area (Å²) in [5.41, 5.74) is 0.869. The van der Waals surface area contributed by atoms with E-state index < -0.39 is 4.92 Å². The molecular formula is C20H10Cl2N2O4S2. The van der Waals surface area contributed by atoms with E-state index in [4.69, 9.17) is 39.8 Å². The van der Waals surface area contributed by atoms with Crippen molar-refractivity contribution < 1.29 is 14.1 Å². The molecular weight excluding hydrogens is 467 g/mol. The number of furan rings is 1. The van der Waals surface area contributed by atoms with E-state index >= 15 is 0 Å². The van der Waals surface area contributed by atoms with Crippen LogP contribution in [-0.2, 0) is 4.79 Å². The Balaban J connectivity index is 1.62. The molecule has 10 heteroatoms. The molecule has 3 aromatic rings. The highest BCUT2D eigenvalue weighted by atomic mass is 35.5. The number of nitro benzene ring substituents is 1. The minimum Gasteiger partial charge on any atom is -0.457 e. The maximum absolute atomic E-state index is 12.8. The lowest BCUT2D eigenvalue weighted by Gasteiger charge is -2.14. The second-order valence-electron chi connectivity index (χ2n) is 6.12. The van der Waals surface area contributed by atoms with Crippen LogP contribution in [0.4, 0.5) is 11.4 Å². The summed E-state index contributed by atoms with van der Waals surface area (Å²) in [6.45, 7) is 0. The maximum Gasteiger partial charge on any atom is 0.288 e. The highest BCUT2D eigenvalue weighted by molar-refractivity contribution is 8.27. The summed E-state index contributed by atoms with van der Waals surface area (Å²) in [6.07, 6.45) is 1.58. The summed E-state index contributed by atoms with van der Waals surface area (Å²) >= 11 is 18.4. The first-order valence-corrected chi connectivity index (χ1v) is 10.4. The third-order valence-electron chi connectivity index (χ3n) is 4.19. The fourth-order valence-corrected chi connectivity index (χ4v) is 4.48. The van der Waals surface area contributed by atoms with Gasteiger partial charge in [-0.25, -0.2) is 0 Å². The Morgan fingerprint density at radius 2 is 1.93 bits per heavy atom. The van der Waals surface area contributed by atoms with Gasteiger partial charge in [0.05, 0.1) is 15.5 Å². The minimum atomic E-state index is -0.559. The highest BCUT2D eigenvalue weighted by Crippen LogP contribution is 2.37. The predicted octanol–water partition coefficient (Wildman–Crippen LogP) is 6.57. The van der Waals surface area contributed by atoms with Crippen LogP contribution < -0.4 is 4.90 Å². The number of benzene rings is 2. The van der Waals surface area contributed by atoms with Gasteiger partial charge < -0.3 is 4.42 Å². The molecule has 6 nitrogen and oxygen atoms in total. The molecule has 1 aromatic heterocycles. The van der Waals surface area contributed by atoms with Crippen molar-refractivity contribution >= 4 is 74.9 Å². The number of thioether (sulfide) groups is 1. The second-order valence-corrected chi connectivity index (χ2v) is 8.64. The van der Waals surface area contributed by atoms with Gasteiger partial charge >= 0.3 is 0 Å². The molecule has 0 radical (unpaired) electrons. The number of hydrogen-bond donors (Lipinski definition) is 0. The van der Waals surface area contributed by atoms with Crippen LogP contribution in [0, 0.1) is 10.1 Å². The number of hydrogen-bond acceptors (Lipinski definition) is 6. The van der Waals surface area contributed by atoms with Crippen LogP contribution in [0.1, 0.15) is 5.76 Å². The second kappa shape index (κ2) is 8.23. The van der Waals surface area contributed by atoms with Gasteiger partial charge in [0.2, 0.25) is 0 Å². The lowest BCUT2D eigenvalue weighted by molar-refractivity contribution is -0.384. The SMILES string of the molecule is O=C1C(=Cc2ccc(-c3ccc(Cl)c([N+](=O)[O-])c3)o2)SC(=S)N1c1cccc(Cl)c1. The van der Waals surface area contributed by atoms with E-state index in [1.165, 1.54) is 17.0 Å². The summed E-state index contributed by atoms with van der Waals surface area (Å²) in [4.78, 5) is 25.2. The van der Waals surface area contributed by atoms with Crippen molar-refractivity contribution in [1.29, 1.82) is 0 Å². The van der Waals surface area contributed by atoms with E-state index in [2.05, 4.69) is 0 Å². The average Bonchev–Trinajstić information content (AvgIpc) is 3.26. The normalized spacial score (nSPS) is 15.3. The van der Waals surface area contributed by atoms with Gasteiger partial charge in [0.25, 0.3) is 11.6 Å². The molecule has 0 N–H and O–H groups in total. The molecule has 1 aliphatic rings. The summed E-state index contributed by atoms with van der Waals surface area (Å²) in [5.74, 6) is 0.535. The predicted molar refractivity (Wildman–Crippen MR) is 123 cm³/mol. The Kier molecular flexibility index (Phi) is 5.66. The monoisotopic (exact) mass is 476 g/mol. The summed E-state index contributed by atoms with van der Waals surface area (Å²) in [5, 5.41) is 11.6. The van der Waals surface area contributed by atoms with E-state index in [-0.39, 0.29) is 16.6 Å². The molecule has 2 heterocycles. The van der Waals surface area contributed by atoms with Gasteiger partial charge in [0.15, 0.2) is 4.32 Å². The third kappa shape index (κ3) is 3.99. The van der Waals surface area contributed by atoms with Crippen LogP contribution in [0.25, 0.3) is 17.4 Å². The number of nitro groups is 1. The number of carbonyl (C=O) groups excluding carboxylic acids is 1. The molecule has 2 aromatic carbocycles. The molecule has 0 spiro atoms. The quantitative estimate of drug-likeness (QED) is 0.183. The summed E-state index contributed by atoms with van der Waals surface area (Å²) in [6, 6.07) is 14.6. The average molecular weight is 477 g/mol. The molecule has 30 heavy (non-hydrogen) atoms. The first-order valence-electron chi connectivity index (χ1n) is 8.41. The molecule has 0 aliphatic carbocycles. The van der Waals surface area contributed by atoms with Crippen LogP contribution in [0.15, 0.2) is 63.9 Å². The molecule has 0 bridgehead atoms. The summed E-state index contributed by atoms with van der Waals surface area (Å²) in [7, 11) is 0. The molecule has 1 saturated heterocycles. The number of amides is 1. The number of anilines is 1. The van der Waals surface area contributed by atoms with Crippen LogP contribution in [0.2, 0.25) is 10.0 Å². The number of rotatable bonds is 4. The molecule has 0 atom stereocenters. The van der Waals surface area contributed by atoms with Crippen molar-refractivity contribution in [3.05, 3.63) is 85.4 Å². The van der Waals surface area contributed by atoms with Crippen molar-refractivity contribution in [3.63, 3.8) is 0 Å². The first kappa shape index (κ1) is 20.6. The van der Waals surface area contributed by atoms with E-state index in [1.54, 1.807) is 48.5 Å².